The van der Waals surface area contributed by atoms with E-state index in [4.69, 9.17) is 4.18 Å². The zero-order valence-corrected chi connectivity index (χ0v) is 16.1. The summed E-state index contributed by atoms with van der Waals surface area (Å²) in [5.41, 5.74) is 0.941. The largest absolute Gasteiger partial charge is 0.383 e. The summed E-state index contributed by atoms with van der Waals surface area (Å²) in [4.78, 5) is 0. The Labute approximate surface area is 155 Å². The van der Waals surface area contributed by atoms with Gasteiger partial charge in [-0.1, -0.05) is 13.0 Å². The van der Waals surface area contributed by atoms with Gasteiger partial charge in [-0.2, -0.15) is 13.7 Å². The van der Waals surface area contributed by atoms with Crippen LogP contribution in [0.5, 0.6) is 5.75 Å². The predicted octanol–water partition coefficient (Wildman–Crippen LogP) is 3.14. The summed E-state index contributed by atoms with van der Waals surface area (Å²) < 4.78 is 27.8. The molecule has 0 heterocycles. The van der Waals surface area contributed by atoms with Gasteiger partial charge in [0.25, 0.3) is 0 Å². The molecule has 1 N–H and O–H groups in total. The quantitative estimate of drug-likeness (QED) is 0.634. The average Bonchev–Trinajstić information content (AvgIpc) is 2.85. The minimum absolute atomic E-state index is 0.320. The van der Waals surface area contributed by atoms with Crippen LogP contribution in [0.3, 0.4) is 0 Å². The van der Waals surface area contributed by atoms with Gasteiger partial charge in [-0.3, -0.25) is 0 Å². The van der Waals surface area contributed by atoms with Crippen LogP contribution in [0, 0.1) is 28.6 Å². The van der Waals surface area contributed by atoms with Gasteiger partial charge in [-0.25, -0.2) is 0 Å². The number of hydrogen-bond acceptors (Lipinski definition) is 5. The molecule has 1 aromatic rings. The van der Waals surface area contributed by atoms with Crippen LogP contribution in [-0.4, -0.2) is 25.4 Å². The molecule has 0 amide bonds. The Hall–Kier alpha value is -1.58. The van der Waals surface area contributed by atoms with Crippen LogP contribution in [0.1, 0.15) is 56.1 Å². The minimum atomic E-state index is -3.52. The molecule has 0 aliphatic heterocycles. The van der Waals surface area contributed by atoms with E-state index in [1.807, 2.05) is 12.1 Å². The normalized spacial score (nSPS) is 38.6. The lowest BCUT2D eigenvalue weighted by Gasteiger charge is -2.51. The number of nitrogens with zero attached hydrogens (tertiary/aromatic N) is 1. The number of fused-ring (bicyclic) bond motifs is 5. The fourth-order valence-corrected chi connectivity index (χ4v) is 6.44. The fourth-order valence-electron chi connectivity index (χ4n) is 5.99. The highest BCUT2D eigenvalue weighted by atomic mass is 32.2. The molecule has 0 radical (unpaired) electrons. The molecule has 0 aromatic heterocycles. The highest BCUT2D eigenvalue weighted by molar-refractivity contribution is 7.86. The van der Waals surface area contributed by atoms with Gasteiger partial charge >= 0.3 is 10.1 Å². The molecule has 0 saturated heterocycles. The molecule has 4 rings (SSSR count). The Morgan fingerprint density at radius 3 is 2.73 bits per heavy atom. The molecule has 3 aliphatic carbocycles. The Morgan fingerprint density at radius 1 is 1.27 bits per heavy atom. The Kier molecular flexibility index (Phi) is 3.91. The summed E-state index contributed by atoms with van der Waals surface area (Å²) in [6.07, 6.45) is 6.25. The van der Waals surface area contributed by atoms with E-state index in [0.29, 0.717) is 29.9 Å². The van der Waals surface area contributed by atoms with Gasteiger partial charge in [0.05, 0.1) is 12.3 Å². The molecule has 2 fully saturated rings. The summed E-state index contributed by atoms with van der Waals surface area (Å²) in [5, 5.41) is 20.4. The average molecular weight is 375 g/mol. The molecule has 0 bridgehead atoms. The van der Waals surface area contributed by atoms with Crippen LogP contribution >= 0.6 is 0 Å². The molecule has 26 heavy (non-hydrogen) atoms. The third-order valence-electron chi connectivity index (χ3n) is 7.28. The fraction of sp³-hybridized carbons (Fsp3) is 0.650. The standard InChI is InChI=1S/C20H25NO4S/c1-19-9-7-16-15-6-4-14(25-26(2,23)24)11-13(15)3-5-17(16)18(19)8-10-20(19,22)12-21/h4,6,11,16-18,22H,3,5,7-10H2,1-2H3/t16-,17-,18+,19+,20-/m1/s1. The molecule has 1 aromatic carbocycles. The van der Waals surface area contributed by atoms with Crippen LogP contribution < -0.4 is 4.18 Å². The number of nitriles is 1. The van der Waals surface area contributed by atoms with Crippen molar-refractivity contribution in [1.82, 2.24) is 0 Å². The topological polar surface area (TPSA) is 87.4 Å². The first-order valence-electron chi connectivity index (χ1n) is 9.33. The number of hydrogen-bond donors (Lipinski definition) is 1. The van der Waals surface area contributed by atoms with E-state index >= 15 is 0 Å². The zero-order chi connectivity index (χ0) is 18.7. The van der Waals surface area contributed by atoms with E-state index in [2.05, 4.69) is 13.0 Å². The highest BCUT2D eigenvalue weighted by Gasteiger charge is 2.62. The number of aryl methyl sites for hydroxylation is 1. The Morgan fingerprint density at radius 2 is 2.04 bits per heavy atom. The van der Waals surface area contributed by atoms with Crippen molar-refractivity contribution in [1.29, 1.82) is 5.26 Å². The minimum Gasteiger partial charge on any atom is -0.383 e. The second-order valence-corrected chi connectivity index (χ2v) is 10.1. The summed E-state index contributed by atoms with van der Waals surface area (Å²) in [7, 11) is -3.52. The van der Waals surface area contributed by atoms with E-state index in [-0.39, 0.29) is 5.41 Å². The third-order valence-corrected chi connectivity index (χ3v) is 7.78. The Bertz CT molecular complexity index is 890. The molecule has 140 valence electrons. The summed E-state index contributed by atoms with van der Waals surface area (Å²) in [6, 6.07) is 7.83. The third kappa shape index (κ3) is 2.56. The van der Waals surface area contributed by atoms with E-state index < -0.39 is 15.7 Å². The van der Waals surface area contributed by atoms with Crippen molar-refractivity contribution in [2.24, 2.45) is 17.3 Å². The van der Waals surface area contributed by atoms with E-state index in [1.165, 1.54) is 11.1 Å². The summed E-state index contributed by atoms with van der Waals surface area (Å²) in [6.45, 7) is 2.10. The molecule has 5 atom stereocenters. The van der Waals surface area contributed by atoms with Crippen LogP contribution in [-0.2, 0) is 16.5 Å². The van der Waals surface area contributed by atoms with E-state index in [9.17, 15) is 18.8 Å². The molecule has 0 unspecified atom stereocenters. The maximum Gasteiger partial charge on any atom is 0.306 e. The van der Waals surface area contributed by atoms with Crippen molar-refractivity contribution in [3.63, 3.8) is 0 Å². The molecule has 2 saturated carbocycles. The van der Waals surface area contributed by atoms with Crippen molar-refractivity contribution in [3.8, 4) is 11.8 Å². The van der Waals surface area contributed by atoms with Crippen LogP contribution in [0.15, 0.2) is 18.2 Å². The first-order chi connectivity index (χ1) is 12.2. The van der Waals surface area contributed by atoms with Gasteiger partial charge < -0.3 is 9.29 Å². The van der Waals surface area contributed by atoms with Gasteiger partial charge in [0.1, 0.15) is 5.75 Å². The first kappa shape index (κ1) is 17.8. The van der Waals surface area contributed by atoms with Crippen molar-refractivity contribution in [3.05, 3.63) is 29.3 Å². The van der Waals surface area contributed by atoms with Gasteiger partial charge in [0.15, 0.2) is 5.60 Å². The first-order valence-corrected chi connectivity index (χ1v) is 11.1. The molecule has 3 aliphatic rings. The number of benzene rings is 1. The summed E-state index contributed by atoms with van der Waals surface area (Å²) >= 11 is 0. The smallest absolute Gasteiger partial charge is 0.306 e. The van der Waals surface area contributed by atoms with Gasteiger partial charge in [0.2, 0.25) is 0 Å². The lowest BCUT2D eigenvalue weighted by atomic mass is 9.53. The lowest BCUT2D eigenvalue weighted by Crippen LogP contribution is -2.50. The maximum absolute atomic E-state index is 11.4. The van der Waals surface area contributed by atoms with Crippen molar-refractivity contribution in [2.75, 3.05) is 6.26 Å². The predicted molar refractivity (Wildman–Crippen MR) is 97.1 cm³/mol. The monoisotopic (exact) mass is 375 g/mol. The zero-order valence-electron chi connectivity index (χ0n) is 15.2. The van der Waals surface area contributed by atoms with E-state index in [0.717, 1.165) is 38.4 Å². The summed E-state index contributed by atoms with van der Waals surface area (Å²) in [5.74, 6) is 1.64. The molecule has 5 nitrogen and oxygen atoms in total. The van der Waals surface area contributed by atoms with Crippen LogP contribution in [0.2, 0.25) is 0 Å². The molecular formula is C20H25NO4S. The van der Waals surface area contributed by atoms with E-state index in [1.54, 1.807) is 6.07 Å². The van der Waals surface area contributed by atoms with Crippen molar-refractivity contribution < 1.29 is 17.7 Å². The SMILES string of the molecule is C[C@]12CC[C@@H]3c4ccc(OS(C)(=O)=O)cc4CC[C@H]3[C@@H]1CC[C@@]2(O)C#N. The van der Waals surface area contributed by atoms with Crippen LogP contribution in [0.25, 0.3) is 0 Å². The van der Waals surface area contributed by atoms with Gasteiger partial charge in [-0.15, -0.1) is 0 Å². The number of rotatable bonds is 2. The Balaban J connectivity index is 1.65. The highest BCUT2D eigenvalue weighted by Crippen LogP contribution is 2.64. The number of aliphatic hydroxyl groups is 1. The molecule has 0 spiro atoms. The second kappa shape index (κ2) is 5.71. The second-order valence-electron chi connectivity index (χ2n) is 8.53. The van der Waals surface area contributed by atoms with Crippen molar-refractivity contribution >= 4 is 10.1 Å². The maximum atomic E-state index is 11.4. The van der Waals surface area contributed by atoms with Crippen LogP contribution in [0.4, 0.5) is 0 Å². The molecule has 6 heteroatoms. The van der Waals surface area contributed by atoms with Gasteiger partial charge in [0, 0.05) is 5.41 Å². The van der Waals surface area contributed by atoms with Crippen molar-refractivity contribution in [2.45, 2.75) is 57.0 Å². The lowest BCUT2D eigenvalue weighted by molar-refractivity contribution is -0.0659. The van der Waals surface area contributed by atoms with Gasteiger partial charge in [-0.05, 0) is 79.5 Å². The molecular weight excluding hydrogens is 350 g/mol.